The fraction of sp³-hybridized carbons (Fsp3) is 0.800. The van der Waals surface area contributed by atoms with Crippen LogP contribution in [0.2, 0.25) is 0 Å². The molecule has 2 rings (SSSR count). The molecule has 2 aliphatic heterocycles. The zero-order valence-electron chi connectivity index (χ0n) is 9.21. The molecule has 3 atom stereocenters. The van der Waals surface area contributed by atoms with Crippen molar-refractivity contribution in [2.24, 2.45) is 0 Å². The van der Waals surface area contributed by atoms with Gasteiger partial charge in [0.2, 0.25) is 0 Å². The van der Waals surface area contributed by atoms with E-state index in [1.54, 1.807) is 0 Å². The molecule has 2 aliphatic rings. The first-order valence-corrected chi connectivity index (χ1v) is 4.89. The lowest BCUT2D eigenvalue weighted by Gasteiger charge is -2.01. The number of hydrogen-bond acceptors (Lipinski definition) is 3. The highest BCUT2D eigenvalue weighted by Crippen LogP contribution is 2.36. The van der Waals surface area contributed by atoms with Gasteiger partial charge in [-0.3, -0.25) is 0 Å². The smallest absolute Gasteiger partial charge is 0.345 e. The van der Waals surface area contributed by atoms with Gasteiger partial charge in [0, 0.05) is 0 Å². The molecule has 0 aromatic rings. The molecule has 0 amide bonds. The summed E-state index contributed by atoms with van der Waals surface area (Å²) in [6.45, 7) is 7.96. The van der Waals surface area contributed by atoms with Crippen molar-refractivity contribution in [1.29, 1.82) is 0 Å². The van der Waals surface area contributed by atoms with Gasteiger partial charge < -0.3 is 14.2 Å². The molecule has 2 saturated heterocycles. The molecule has 3 nitrogen and oxygen atoms in total. The normalized spacial score (nSPS) is 31.4. The number of alkyl halides is 3. The molecule has 0 aliphatic carbocycles. The maximum Gasteiger partial charge on any atom is 0.391 e. The predicted octanol–water partition coefficient (Wildman–Crippen LogP) is 2.62. The average Bonchev–Trinajstić information content (AvgIpc) is 2.89. The molecule has 0 aromatic carbocycles. The van der Waals surface area contributed by atoms with Crippen molar-refractivity contribution in [2.45, 2.75) is 45.1 Å². The van der Waals surface area contributed by atoms with Crippen LogP contribution in [-0.2, 0) is 14.2 Å². The molecule has 2 heterocycles. The second-order valence-corrected chi connectivity index (χ2v) is 3.97. The van der Waals surface area contributed by atoms with Gasteiger partial charge in [0.15, 0.2) is 12.6 Å². The Bertz CT molecular complexity index is 244. The molecule has 6 heteroatoms. The molecule has 0 aromatic heterocycles. The van der Waals surface area contributed by atoms with Crippen LogP contribution in [0.3, 0.4) is 0 Å². The molecular weight excluding hydrogens is 225 g/mol. The quantitative estimate of drug-likeness (QED) is 0.561. The molecule has 3 unspecified atom stereocenters. The van der Waals surface area contributed by atoms with Crippen molar-refractivity contribution in [3.05, 3.63) is 12.2 Å². The van der Waals surface area contributed by atoms with Crippen molar-refractivity contribution in [1.82, 2.24) is 0 Å². The maximum absolute atomic E-state index is 11.7. The number of rotatable bonds is 3. The van der Waals surface area contributed by atoms with E-state index < -0.39 is 25.0 Å². The van der Waals surface area contributed by atoms with Crippen LogP contribution in [0.5, 0.6) is 0 Å². The Balaban J connectivity index is 0.000000280. The lowest BCUT2D eigenvalue weighted by atomic mass is 10.3. The van der Waals surface area contributed by atoms with Crippen LogP contribution < -0.4 is 0 Å². The third kappa shape index (κ3) is 6.81. The fourth-order valence-electron chi connectivity index (χ4n) is 0.887. The topological polar surface area (TPSA) is 34.3 Å². The van der Waals surface area contributed by atoms with Crippen molar-refractivity contribution < 1.29 is 27.4 Å². The van der Waals surface area contributed by atoms with Crippen LogP contribution in [0.1, 0.15) is 20.3 Å². The van der Waals surface area contributed by atoms with Gasteiger partial charge in [-0.15, -0.1) is 6.58 Å². The van der Waals surface area contributed by atoms with E-state index in [1.165, 1.54) is 5.57 Å². The summed E-state index contributed by atoms with van der Waals surface area (Å²) in [5.74, 6) is 0. The number of epoxide rings is 2. The summed E-state index contributed by atoms with van der Waals surface area (Å²) in [5.41, 5.74) is 1.17. The van der Waals surface area contributed by atoms with Crippen molar-refractivity contribution in [2.75, 3.05) is 6.61 Å². The Morgan fingerprint density at radius 2 is 1.94 bits per heavy atom. The summed E-state index contributed by atoms with van der Waals surface area (Å²) in [6, 6.07) is 0. The van der Waals surface area contributed by atoms with Gasteiger partial charge in [0.1, 0.15) is 12.7 Å². The minimum atomic E-state index is -4.17. The number of hydrogen-bond donors (Lipinski definition) is 0. The van der Waals surface area contributed by atoms with E-state index >= 15 is 0 Å². The Morgan fingerprint density at radius 3 is 2.31 bits per heavy atom. The van der Waals surface area contributed by atoms with Crippen LogP contribution in [0.4, 0.5) is 13.2 Å². The Kier molecular flexibility index (Phi) is 4.35. The number of allylic oxidation sites excluding steroid dienone is 1. The second kappa shape index (κ2) is 5.16. The van der Waals surface area contributed by atoms with Gasteiger partial charge in [0.05, 0.1) is 6.42 Å². The van der Waals surface area contributed by atoms with Gasteiger partial charge in [-0.2, -0.15) is 13.2 Å². The molecule has 2 fully saturated rings. The van der Waals surface area contributed by atoms with Crippen molar-refractivity contribution in [3.63, 3.8) is 0 Å². The largest absolute Gasteiger partial charge is 0.391 e. The Morgan fingerprint density at radius 1 is 1.44 bits per heavy atom. The molecule has 0 N–H and O–H groups in total. The zero-order valence-corrected chi connectivity index (χ0v) is 9.21. The molecule has 0 bridgehead atoms. The van der Waals surface area contributed by atoms with Gasteiger partial charge in [-0.25, -0.2) is 0 Å². The Labute approximate surface area is 92.2 Å². The molecule has 0 radical (unpaired) electrons. The maximum atomic E-state index is 11.7. The van der Waals surface area contributed by atoms with E-state index in [0.29, 0.717) is 6.61 Å². The predicted molar refractivity (Wildman–Crippen MR) is 50.6 cm³/mol. The first-order valence-electron chi connectivity index (χ1n) is 4.89. The summed E-state index contributed by atoms with van der Waals surface area (Å²) in [5, 5.41) is 0. The molecule has 16 heavy (non-hydrogen) atoms. The van der Waals surface area contributed by atoms with Crippen LogP contribution in [0.15, 0.2) is 12.2 Å². The van der Waals surface area contributed by atoms with Gasteiger partial charge >= 0.3 is 6.18 Å². The van der Waals surface area contributed by atoms with Crippen molar-refractivity contribution >= 4 is 0 Å². The minimum absolute atomic E-state index is 0.340. The first kappa shape index (κ1) is 13.5. The van der Waals surface area contributed by atoms with E-state index in [0.717, 1.165) is 0 Å². The van der Waals surface area contributed by atoms with Gasteiger partial charge in [-0.05, 0) is 13.8 Å². The molecule has 0 spiro atoms. The van der Waals surface area contributed by atoms with E-state index in [4.69, 9.17) is 4.74 Å². The summed E-state index contributed by atoms with van der Waals surface area (Å²) in [4.78, 5) is 0. The SMILES string of the molecule is C=C(C)C.FC(F)(F)CC1OC1OC1CO1. The summed E-state index contributed by atoms with van der Waals surface area (Å²) >= 11 is 0. The highest BCUT2D eigenvalue weighted by Gasteiger charge is 2.50. The zero-order chi connectivity index (χ0) is 12.3. The lowest BCUT2D eigenvalue weighted by Crippen LogP contribution is -2.13. The molecule has 0 saturated carbocycles. The fourth-order valence-corrected chi connectivity index (χ4v) is 0.887. The molecular formula is C10H15F3O3. The summed E-state index contributed by atoms with van der Waals surface area (Å²) in [6.07, 6.45) is -6.99. The van der Waals surface area contributed by atoms with Crippen molar-refractivity contribution in [3.8, 4) is 0 Å². The number of halogens is 3. The van der Waals surface area contributed by atoms with E-state index in [2.05, 4.69) is 16.1 Å². The summed E-state index contributed by atoms with van der Waals surface area (Å²) in [7, 11) is 0. The number of ether oxygens (including phenoxy) is 3. The lowest BCUT2D eigenvalue weighted by molar-refractivity contribution is -0.138. The van der Waals surface area contributed by atoms with E-state index in [1.807, 2.05) is 13.8 Å². The van der Waals surface area contributed by atoms with Gasteiger partial charge in [-0.1, -0.05) is 5.57 Å². The highest BCUT2D eigenvalue weighted by molar-refractivity contribution is 4.81. The Hall–Kier alpha value is -0.590. The third-order valence-electron chi connectivity index (χ3n) is 1.56. The minimum Gasteiger partial charge on any atom is -0.345 e. The van der Waals surface area contributed by atoms with E-state index in [-0.39, 0.29) is 6.29 Å². The van der Waals surface area contributed by atoms with Crippen LogP contribution in [0.25, 0.3) is 0 Å². The average molecular weight is 240 g/mol. The highest BCUT2D eigenvalue weighted by atomic mass is 19.4. The second-order valence-electron chi connectivity index (χ2n) is 3.97. The van der Waals surface area contributed by atoms with Crippen LogP contribution >= 0.6 is 0 Å². The monoisotopic (exact) mass is 240 g/mol. The van der Waals surface area contributed by atoms with Crippen LogP contribution in [-0.4, -0.2) is 31.5 Å². The van der Waals surface area contributed by atoms with Crippen LogP contribution in [0, 0.1) is 0 Å². The van der Waals surface area contributed by atoms with Gasteiger partial charge in [0.25, 0.3) is 0 Å². The summed E-state index contributed by atoms with van der Waals surface area (Å²) < 4.78 is 49.3. The van der Waals surface area contributed by atoms with E-state index in [9.17, 15) is 13.2 Å². The first-order chi connectivity index (χ1) is 7.28. The molecule has 94 valence electrons. The standard InChI is InChI=1S/C6H7F3O3.C4H8/c7-6(8,9)1-3-5(11-3)12-4-2-10-4;1-4(2)3/h3-5H,1-2H2;1H2,2-3H3. The third-order valence-corrected chi connectivity index (χ3v) is 1.56.